The van der Waals surface area contributed by atoms with Gasteiger partial charge in [0.15, 0.2) is 6.10 Å². The predicted molar refractivity (Wildman–Crippen MR) is 78.6 cm³/mol. The van der Waals surface area contributed by atoms with E-state index in [-0.39, 0.29) is 18.5 Å². The van der Waals surface area contributed by atoms with Crippen LogP contribution in [0.15, 0.2) is 30.3 Å². The topological polar surface area (TPSA) is 43.8 Å². The van der Waals surface area contributed by atoms with E-state index in [9.17, 15) is 18.0 Å². The lowest BCUT2D eigenvalue weighted by Gasteiger charge is -2.29. The number of benzene rings is 1. The number of para-hydroxylation sites is 1. The molecule has 0 saturated heterocycles. The molecule has 1 N–H and O–H groups in total. The van der Waals surface area contributed by atoms with Crippen molar-refractivity contribution in [1.82, 2.24) is 4.90 Å². The summed E-state index contributed by atoms with van der Waals surface area (Å²) in [5.74, 6) is -0.321. The van der Waals surface area contributed by atoms with E-state index in [4.69, 9.17) is 5.11 Å². The van der Waals surface area contributed by atoms with Crippen LogP contribution >= 0.6 is 0 Å². The minimum absolute atomic E-state index is 0.129. The Kier molecular flexibility index (Phi) is 6.37. The number of carbonyl (C=O) groups is 1. The van der Waals surface area contributed by atoms with Crippen LogP contribution < -0.4 is 4.90 Å². The van der Waals surface area contributed by atoms with Gasteiger partial charge in [0.05, 0.1) is 6.54 Å². The molecule has 0 fully saturated rings. The van der Waals surface area contributed by atoms with E-state index in [1.165, 1.54) is 16.8 Å². The molecule has 0 aliphatic carbocycles. The molecule has 0 spiro atoms. The Labute approximate surface area is 128 Å². The molecule has 1 amide bonds. The van der Waals surface area contributed by atoms with Gasteiger partial charge in [0.25, 0.3) is 0 Å². The Morgan fingerprint density at radius 3 is 2.23 bits per heavy atom. The molecule has 0 aliphatic heterocycles. The first kappa shape index (κ1) is 18.4. The number of alkyl halides is 3. The summed E-state index contributed by atoms with van der Waals surface area (Å²) in [6.07, 6.45) is -7.15. The molecular formula is C15H21F3N2O2. The lowest BCUT2D eigenvalue weighted by Crippen LogP contribution is -2.46. The highest BCUT2D eigenvalue weighted by molar-refractivity contribution is 5.95. The fourth-order valence-corrected chi connectivity index (χ4v) is 2.09. The number of carbonyl (C=O) groups excluding carboxylic acids is 1. The van der Waals surface area contributed by atoms with Crippen LogP contribution in [0.3, 0.4) is 0 Å². The van der Waals surface area contributed by atoms with Gasteiger partial charge in [0.2, 0.25) is 5.91 Å². The van der Waals surface area contributed by atoms with Crippen molar-refractivity contribution in [2.45, 2.75) is 32.2 Å². The highest BCUT2D eigenvalue weighted by Crippen LogP contribution is 2.21. The zero-order chi connectivity index (χ0) is 16.9. The van der Waals surface area contributed by atoms with E-state index in [1.54, 1.807) is 24.3 Å². The second-order valence-electron chi connectivity index (χ2n) is 5.45. The molecule has 0 aliphatic rings. The fraction of sp³-hybridized carbons (Fsp3) is 0.533. The maximum atomic E-state index is 12.3. The monoisotopic (exact) mass is 318 g/mol. The minimum atomic E-state index is -4.69. The SMILES string of the molecule is CC(C)N(C(=O)CN(C)CC(O)C(F)(F)F)c1ccccc1. The first-order valence-corrected chi connectivity index (χ1v) is 6.93. The quantitative estimate of drug-likeness (QED) is 0.875. The molecule has 1 atom stereocenters. The Balaban J connectivity index is 2.73. The largest absolute Gasteiger partial charge is 0.415 e. The Morgan fingerprint density at radius 2 is 1.77 bits per heavy atom. The Bertz CT molecular complexity index is 477. The average Bonchev–Trinajstić information content (AvgIpc) is 2.38. The highest BCUT2D eigenvalue weighted by atomic mass is 19.4. The van der Waals surface area contributed by atoms with Crippen molar-refractivity contribution >= 4 is 11.6 Å². The molecule has 1 unspecified atom stereocenters. The highest BCUT2D eigenvalue weighted by Gasteiger charge is 2.39. The van der Waals surface area contributed by atoms with Crippen molar-refractivity contribution < 1.29 is 23.1 Å². The second-order valence-corrected chi connectivity index (χ2v) is 5.45. The summed E-state index contributed by atoms with van der Waals surface area (Å²) in [7, 11) is 1.37. The molecule has 1 aromatic carbocycles. The zero-order valence-electron chi connectivity index (χ0n) is 12.8. The summed E-state index contributed by atoms with van der Waals surface area (Å²) in [5.41, 5.74) is 0.687. The molecule has 1 aromatic rings. The minimum Gasteiger partial charge on any atom is -0.382 e. The third-order valence-electron chi connectivity index (χ3n) is 3.09. The Morgan fingerprint density at radius 1 is 1.23 bits per heavy atom. The van der Waals surface area contributed by atoms with Gasteiger partial charge in [-0.1, -0.05) is 18.2 Å². The molecular weight excluding hydrogens is 297 g/mol. The standard InChI is InChI=1S/C15H21F3N2O2/c1-11(2)20(12-7-5-4-6-8-12)14(22)10-19(3)9-13(21)15(16,17)18/h4-8,11,13,21H,9-10H2,1-3H3. The van der Waals surface area contributed by atoms with E-state index >= 15 is 0 Å². The van der Waals surface area contributed by atoms with Crippen molar-refractivity contribution in [2.75, 3.05) is 25.0 Å². The maximum absolute atomic E-state index is 12.3. The second kappa shape index (κ2) is 7.60. The summed E-state index contributed by atoms with van der Waals surface area (Å²) >= 11 is 0. The smallest absolute Gasteiger partial charge is 0.382 e. The maximum Gasteiger partial charge on any atom is 0.415 e. The van der Waals surface area contributed by atoms with Crippen LogP contribution in [0.25, 0.3) is 0 Å². The number of hydrogen-bond donors (Lipinski definition) is 1. The van der Waals surface area contributed by atoms with Crippen LogP contribution in [-0.4, -0.2) is 54.4 Å². The van der Waals surface area contributed by atoms with Gasteiger partial charge in [-0.15, -0.1) is 0 Å². The first-order chi connectivity index (χ1) is 10.1. The number of nitrogens with zero attached hydrogens (tertiary/aromatic N) is 2. The molecule has 4 nitrogen and oxygen atoms in total. The molecule has 22 heavy (non-hydrogen) atoms. The molecule has 0 aromatic heterocycles. The first-order valence-electron chi connectivity index (χ1n) is 6.93. The number of halogens is 3. The summed E-state index contributed by atoms with van der Waals surface area (Å²) < 4.78 is 37.0. The normalized spacial score (nSPS) is 13.5. The van der Waals surface area contributed by atoms with Crippen LogP contribution in [0.5, 0.6) is 0 Å². The van der Waals surface area contributed by atoms with Crippen LogP contribution in [0.2, 0.25) is 0 Å². The lowest BCUT2D eigenvalue weighted by molar-refractivity contribution is -0.207. The van der Waals surface area contributed by atoms with Gasteiger partial charge >= 0.3 is 6.18 Å². The van der Waals surface area contributed by atoms with Gasteiger partial charge in [-0.05, 0) is 33.0 Å². The van der Waals surface area contributed by atoms with Crippen molar-refractivity contribution in [3.8, 4) is 0 Å². The van der Waals surface area contributed by atoms with Gasteiger partial charge in [0.1, 0.15) is 0 Å². The summed E-state index contributed by atoms with van der Waals surface area (Å²) in [6.45, 7) is 2.81. The van der Waals surface area contributed by atoms with E-state index in [1.807, 2.05) is 19.9 Å². The molecule has 0 heterocycles. The van der Waals surface area contributed by atoms with Crippen molar-refractivity contribution in [1.29, 1.82) is 0 Å². The fourth-order valence-electron chi connectivity index (χ4n) is 2.09. The van der Waals surface area contributed by atoms with E-state index in [0.717, 1.165) is 0 Å². The van der Waals surface area contributed by atoms with Crippen LogP contribution in [0, 0.1) is 0 Å². The number of likely N-dealkylation sites (N-methyl/N-ethyl adjacent to an activating group) is 1. The van der Waals surface area contributed by atoms with E-state index < -0.39 is 18.8 Å². The number of anilines is 1. The van der Waals surface area contributed by atoms with Gasteiger partial charge in [-0.2, -0.15) is 13.2 Å². The van der Waals surface area contributed by atoms with Crippen molar-refractivity contribution in [3.63, 3.8) is 0 Å². The van der Waals surface area contributed by atoms with Crippen LogP contribution in [0.4, 0.5) is 18.9 Å². The van der Waals surface area contributed by atoms with Crippen LogP contribution in [0.1, 0.15) is 13.8 Å². The summed E-state index contributed by atoms with van der Waals surface area (Å²) in [4.78, 5) is 15.0. The van der Waals surface area contributed by atoms with Crippen molar-refractivity contribution in [3.05, 3.63) is 30.3 Å². The number of amides is 1. The van der Waals surface area contributed by atoms with Crippen LogP contribution in [-0.2, 0) is 4.79 Å². The molecule has 7 heteroatoms. The summed E-state index contributed by atoms with van der Waals surface area (Å²) in [5, 5.41) is 9.04. The van der Waals surface area contributed by atoms with Gasteiger partial charge in [0, 0.05) is 18.3 Å². The molecule has 0 saturated carbocycles. The number of aliphatic hydroxyl groups excluding tert-OH is 1. The number of rotatable bonds is 6. The van der Waals surface area contributed by atoms with Crippen molar-refractivity contribution in [2.24, 2.45) is 0 Å². The third-order valence-corrected chi connectivity index (χ3v) is 3.09. The van der Waals surface area contributed by atoms with Gasteiger partial charge < -0.3 is 10.0 Å². The van der Waals surface area contributed by atoms with Gasteiger partial charge in [-0.3, -0.25) is 9.69 Å². The molecule has 0 bridgehead atoms. The molecule has 0 radical (unpaired) electrons. The Hall–Kier alpha value is -1.60. The predicted octanol–water partition coefficient (Wildman–Crippen LogP) is 2.28. The van der Waals surface area contributed by atoms with Gasteiger partial charge in [-0.25, -0.2) is 0 Å². The average molecular weight is 318 g/mol. The third kappa shape index (κ3) is 5.31. The zero-order valence-corrected chi connectivity index (χ0v) is 12.8. The van der Waals surface area contributed by atoms with E-state index in [0.29, 0.717) is 5.69 Å². The van der Waals surface area contributed by atoms with E-state index in [2.05, 4.69) is 0 Å². The summed E-state index contributed by atoms with van der Waals surface area (Å²) in [6, 6.07) is 8.80. The number of aliphatic hydroxyl groups is 1. The number of hydrogen-bond acceptors (Lipinski definition) is 3. The lowest BCUT2D eigenvalue weighted by atomic mass is 10.2. The molecule has 124 valence electrons. The molecule has 1 rings (SSSR count).